The summed E-state index contributed by atoms with van der Waals surface area (Å²) in [6.07, 6.45) is 0. The maximum Gasteiger partial charge on any atom is 0.251 e. The van der Waals surface area contributed by atoms with Crippen molar-refractivity contribution in [3.63, 3.8) is 0 Å². The van der Waals surface area contributed by atoms with Gasteiger partial charge in [0.25, 0.3) is 5.91 Å². The number of likely N-dealkylation sites (tertiary alicyclic amines) is 1. The van der Waals surface area contributed by atoms with E-state index in [2.05, 4.69) is 17.3 Å². The zero-order valence-corrected chi connectivity index (χ0v) is 14.4. The van der Waals surface area contributed by atoms with Crippen LogP contribution in [0.25, 0.3) is 11.1 Å². The monoisotopic (exact) mass is 340 g/mol. The Morgan fingerprint density at radius 2 is 2.00 bits per heavy atom. The summed E-state index contributed by atoms with van der Waals surface area (Å²) in [5.74, 6) is 0.998. The van der Waals surface area contributed by atoms with E-state index in [1.807, 2.05) is 18.2 Å². The van der Waals surface area contributed by atoms with Crippen molar-refractivity contribution >= 4 is 5.91 Å². The normalized spacial score (nSPS) is 22.8. The summed E-state index contributed by atoms with van der Waals surface area (Å²) in [5.41, 5.74) is 3.22. The lowest BCUT2D eigenvalue weighted by Crippen LogP contribution is -2.29. The number of nitrogens with zero attached hydrogens (tertiary/aromatic N) is 1. The van der Waals surface area contributed by atoms with Crippen LogP contribution in [0.3, 0.4) is 0 Å². The fourth-order valence-corrected chi connectivity index (χ4v) is 4.11. The third kappa shape index (κ3) is 2.78. The molecule has 2 aliphatic rings. The number of fused-ring (bicyclic) bond motifs is 3. The average molecular weight is 340 g/mol. The van der Waals surface area contributed by atoms with Crippen molar-refractivity contribution in [1.29, 1.82) is 0 Å². The molecule has 2 aromatic carbocycles. The lowest BCUT2D eigenvalue weighted by Gasteiger charge is -2.17. The molecule has 0 aliphatic carbocycles. The van der Waals surface area contributed by atoms with Crippen molar-refractivity contribution < 1.29 is 13.9 Å². The first-order valence-electron chi connectivity index (χ1n) is 8.51. The Morgan fingerprint density at radius 1 is 1.16 bits per heavy atom. The molecule has 2 atom stereocenters. The van der Waals surface area contributed by atoms with E-state index >= 15 is 0 Å². The number of hydrogen-bond acceptors (Lipinski definition) is 3. The number of hydrogen-bond donors (Lipinski definition) is 1. The van der Waals surface area contributed by atoms with E-state index in [-0.39, 0.29) is 11.7 Å². The number of benzene rings is 2. The van der Waals surface area contributed by atoms with Crippen LogP contribution in [-0.4, -0.2) is 44.6 Å². The highest BCUT2D eigenvalue weighted by Gasteiger charge is 2.36. The molecule has 4 rings (SSSR count). The number of likely N-dealkylation sites (N-methyl/N-ethyl adjacent to an activating group) is 1. The third-order valence-corrected chi connectivity index (χ3v) is 5.32. The van der Waals surface area contributed by atoms with Gasteiger partial charge >= 0.3 is 0 Å². The fraction of sp³-hybridized carbons (Fsp3) is 0.350. The largest absolute Gasteiger partial charge is 0.496 e. The second-order valence-electron chi connectivity index (χ2n) is 6.94. The number of amides is 1. The molecule has 2 heterocycles. The molecular weight excluding hydrogens is 319 g/mol. The Balaban J connectivity index is 1.82. The van der Waals surface area contributed by atoms with Crippen LogP contribution in [0.4, 0.5) is 4.39 Å². The first-order valence-corrected chi connectivity index (χ1v) is 8.51. The van der Waals surface area contributed by atoms with Crippen LogP contribution in [0.2, 0.25) is 0 Å². The summed E-state index contributed by atoms with van der Waals surface area (Å²) in [5, 5.41) is 3.04. The predicted molar refractivity (Wildman–Crippen MR) is 94.4 cm³/mol. The van der Waals surface area contributed by atoms with Crippen LogP contribution in [0.15, 0.2) is 36.4 Å². The highest BCUT2D eigenvalue weighted by molar-refractivity contribution is 5.98. The van der Waals surface area contributed by atoms with E-state index in [1.165, 1.54) is 12.1 Å². The van der Waals surface area contributed by atoms with Gasteiger partial charge in [0.2, 0.25) is 0 Å². The van der Waals surface area contributed by atoms with Crippen molar-refractivity contribution in [2.75, 3.05) is 33.8 Å². The minimum atomic E-state index is -0.326. The Hall–Kier alpha value is -2.40. The topological polar surface area (TPSA) is 41.6 Å². The number of rotatable bonds is 2. The zero-order chi connectivity index (χ0) is 17.6. The smallest absolute Gasteiger partial charge is 0.251 e. The van der Waals surface area contributed by atoms with Crippen LogP contribution >= 0.6 is 0 Å². The van der Waals surface area contributed by atoms with Gasteiger partial charge < -0.3 is 15.0 Å². The average Bonchev–Trinajstić information content (AvgIpc) is 2.94. The summed E-state index contributed by atoms with van der Waals surface area (Å²) < 4.78 is 19.1. The van der Waals surface area contributed by atoms with Crippen LogP contribution in [0.5, 0.6) is 5.75 Å². The summed E-state index contributed by atoms with van der Waals surface area (Å²) in [7, 11) is 3.67. The Labute approximate surface area is 146 Å². The van der Waals surface area contributed by atoms with Gasteiger partial charge in [0, 0.05) is 36.7 Å². The number of methoxy groups -OCH3 is 1. The van der Waals surface area contributed by atoms with Gasteiger partial charge in [-0.05, 0) is 48.4 Å². The minimum Gasteiger partial charge on any atom is -0.496 e. The van der Waals surface area contributed by atoms with Crippen molar-refractivity contribution in [2.45, 2.75) is 5.92 Å². The molecule has 130 valence electrons. The molecule has 1 amide bonds. The summed E-state index contributed by atoms with van der Waals surface area (Å²) in [6.45, 7) is 2.64. The van der Waals surface area contributed by atoms with E-state index in [4.69, 9.17) is 4.74 Å². The molecule has 2 aliphatic heterocycles. The second-order valence-corrected chi connectivity index (χ2v) is 6.94. The van der Waals surface area contributed by atoms with Gasteiger partial charge in [-0.2, -0.15) is 0 Å². The number of carbonyl (C=O) groups is 1. The van der Waals surface area contributed by atoms with Crippen LogP contribution in [0.1, 0.15) is 21.8 Å². The molecule has 0 saturated carbocycles. The Morgan fingerprint density at radius 3 is 2.80 bits per heavy atom. The Kier molecular flexibility index (Phi) is 3.96. The van der Waals surface area contributed by atoms with Crippen LogP contribution in [0, 0.1) is 11.7 Å². The molecule has 1 N–H and O–H groups in total. The number of ether oxygens (including phenoxy) is 1. The third-order valence-electron chi connectivity index (χ3n) is 5.32. The number of nitrogens with one attached hydrogen (secondary N) is 1. The molecule has 4 nitrogen and oxygen atoms in total. The lowest BCUT2D eigenvalue weighted by atomic mass is 9.86. The van der Waals surface area contributed by atoms with Crippen molar-refractivity contribution in [2.24, 2.45) is 5.92 Å². The molecule has 0 unspecified atom stereocenters. The van der Waals surface area contributed by atoms with E-state index < -0.39 is 0 Å². The maximum atomic E-state index is 13.7. The van der Waals surface area contributed by atoms with Gasteiger partial charge in [-0.3, -0.25) is 4.79 Å². The van der Waals surface area contributed by atoms with E-state index in [9.17, 15) is 9.18 Å². The first kappa shape index (κ1) is 16.1. The van der Waals surface area contributed by atoms with Gasteiger partial charge in [0.05, 0.1) is 7.11 Å². The molecule has 0 aromatic heterocycles. The molecule has 1 saturated heterocycles. The van der Waals surface area contributed by atoms with E-state index in [1.54, 1.807) is 13.2 Å². The van der Waals surface area contributed by atoms with Crippen LogP contribution < -0.4 is 10.1 Å². The molecule has 2 aromatic rings. The van der Waals surface area contributed by atoms with Gasteiger partial charge in [0.1, 0.15) is 11.6 Å². The maximum absolute atomic E-state index is 13.7. The van der Waals surface area contributed by atoms with Crippen LogP contribution in [-0.2, 0) is 0 Å². The highest BCUT2D eigenvalue weighted by Crippen LogP contribution is 2.38. The molecule has 0 radical (unpaired) electrons. The summed E-state index contributed by atoms with van der Waals surface area (Å²) >= 11 is 0. The molecule has 25 heavy (non-hydrogen) atoms. The first-order chi connectivity index (χ1) is 12.1. The molecule has 1 fully saturated rings. The molecular formula is C20H21FN2O2. The van der Waals surface area contributed by atoms with Gasteiger partial charge in [-0.15, -0.1) is 0 Å². The van der Waals surface area contributed by atoms with Crippen molar-refractivity contribution in [3.05, 3.63) is 53.3 Å². The minimum absolute atomic E-state index is 0.0516. The Bertz CT molecular complexity index is 836. The van der Waals surface area contributed by atoms with Crippen molar-refractivity contribution in [1.82, 2.24) is 10.2 Å². The van der Waals surface area contributed by atoms with Crippen molar-refractivity contribution in [3.8, 4) is 16.9 Å². The lowest BCUT2D eigenvalue weighted by molar-refractivity contribution is 0.0951. The number of carbonyl (C=O) groups excluding carboxylic acids is 1. The summed E-state index contributed by atoms with van der Waals surface area (Å²) in [4.78, 5) is 14.9. The number of halogens is 1. The fourth-order valence-electron chi connectivity index (χ4n) is 4.11. The predicted octanol–water partition coefficient (Wildman–Crippen LogP) is 2.89. The molecule has 0 spiro atoms. The zero-order valence-electron chi connectivity index (χ0n) is 14.4. The SMILES string of the molecule is COc1ccc(F)cc1-c1ccc2c(c1)C(=O)NC[C@@H]1CN(C)C[C@@H]21. The summed E-state index contributed by atoms with van der Waals surface area (Å²) in [6, 6.07) is 10.3. The second kappa shape index (κ2) is 6.15. The molecule has 5 heteroatoms. The quantitative estimate of drug-likeness (QED) is 0.914. The van der Waals surface area contributed by atoms with Gasteiger partial charge in [0.15, 0.2) is 0 Å². The van der Waals surface area contributed by atoms with E-state index in [0.29, 0.717) is 35.3 Å². The van der Waals surface area contributed by atoms with Gasteiger partial charge in [-0.25, -0.2) is 4.39 Å². The molecule has 0 bridgehead atoms. The highest BCUT2D eigenvalue weighted by atomic mass is 19.1. The van der Waals surface area contributed by atoms with Gasteiger partial charge in [-0.1, -0.05) is 12.1 Å². The standard InChI is InChI=1S/C20H21FN2O2/c1-23-10-13-9-22-20(24)17-7-12(3-5-15(17)18(13)11-23)16-8-14(21)4-6-19(16)25-2/h3-8,13,18H,9-11H2,1-2H3,(H,22,24)/t13-,18-/m1/s1. The van der Waals surface area contributed by atoms with E-state index in [0.717, 1.165) is 24.2 Å².